The van der Waals surface area contributed by atoms with Crippen LogP contribution in [0.25, 0.3) is 10.9 Å². The first-order chi connectivity index (χ1) is 10.5. The van der Waals surface area contributed by atoms with Crippen LogP contribution in [-0.4, -0.2) is 15.7 Å². The summed E-state index contributed by atoms with van der Waals surface area (Å²) in [7, 11) is 1.97. The van der Waals surface area contributed by atoms with Crippen molar-refractivity contribution in [1.82, 2.24) is 4.57 Å². The number of benzene rings is 2. The Balaban J connectivity index is 1.75. The molecule has 0 saturated carbocycles. The number of aromatic hydroxyl groups is 1. The number of aromatic nitrogens is 1. The summed E-state index contributed by atoms with van der Waals surface area (Å²) in [5.41, 5.74) is 2.20. The van der Waals surface area contributed by atoms with E-state index in [0.717, 1.165) is 10.9 Å². The van der Waals surface area contributed by atoms with E-state index in [1.165, 1.54) is 18.2 Å². The van der Waals surface area contributed by atoms with Gasteiger partial charge in [-0.05, 0) is 36.4 Å². The number of aryl methyl sites for hydroxylation is 1. The highest BCUT2D eigenvalue weighted by Gasteiger charge is 2.07. The minimum atomic E-state index is -0.400. The lowest BCUT2D eigenvalue weighted by atomic mass is 10.2. The molecule has 0 aliphatic rings. The van der Waals surface area contributed by atoms with Gasteiger partial charge in [-0.3, -0.25) is 0 Å². The van der Waals surface area contributed by atoms with E-state index in [1.54, 1.807) is 0 Å². The highest BCUT2D eigenvalue weighted by molar-refractivity contribution is 6.34. The second kappa shape index (κ2) is 5.61. The third-order valence-electron chi connectivity index (χ3n) is 3.34. The molecule has 0 unspecified atom stereocenters. The zero-order chi connectivity index (χ0) is 15.7. The maximum Gasteiger partial charge on any atom is 0.323 e. The van der Waals surface area contributed by atoms with Crippen LogP contribution in [0.4, 0.5) is 16.2 Å². The Kier molecular flexibility index (Phi) is 3.65. The smallest absolute Gasteiger partial charge is 0.323 e. The third-order valence-corrected chi connectivity index (χ3v) is 3.66. The van der Waals surface area contributed by atoms with Gasteiger partial charge in [0.25, 0.3) is 0 Å². The van der Waals surface area contributed by atoms with E-state index in [4.69, 9.17) is 11.6 Å². The van der Waals surface area contributed by atoms with Crippen molar-refractivity contribution < 1.29 is 9.90 Å². The molecule has 0 atom stereocenters. The van der Waals surface area contributed by atoms with Gasteiger partial charge in [0.05, 0.1) is 10.7 Å². The Morgan fingerprint density at radius 3 is 2.73 bits per heavy atom. The molecule has 0 radical (unpaired) electrons. The highest BCUT2D eigenvalue weighted by Crippen LogP contribution is 2.26. The number of phenols is 1. The Bertz CT molecular complexity index is 858. The van der Waals surface area contributed by atoms with Gasteiger partial charge >= 0.3 is 6.03 Å². The first-order valence-corrected chi connectivity index (χ1v) is 7.02. The van der Waals surface area contributed by atoms with Crippen LogP contribution in [0, 0.1) is 0 Å². The van der Waals surface area contributed by atoms with Crippen molar-refractivity contribution in [2.45, 2.75) is 0 Å². The van der Waals surface area contributed by atoms with Crippen molar-refractivity contribution in [3.8, 4) is 5.75 Å². The fraction of sp³-hybridized carbons (Fsp3) is 0.0625. The molecule has 0 saturated heterocycles. The molecule has 1 aromatic heterocycles. The summed E-state index contributed by atoms with van der Waals surface area (Å²) in [4.78, 5) is 12.0. The summed E-state index contributed by atoms with van der Waals surface area (Å²) in [6, 6.07) is 11.6. The van der Waals surface area contributed by atoms with E-state index in [9.17, 15) is 9.90 Å². The molecule has 5 nitrogen and oxygen atoms in total. The van der Waals surface area contributed by atoms with Crippen molar-refractivity contribution in [3.05, 3.63) is 53.7 Å². The Labute approximate surface area is 132 Å². The predicted molar refractivity (Wildman–Crippen MR) is 88.7 cm³/mol. The number of hydrogen-bond acceptors (Lipinski definition) is 2. The van der Waals surface area contributed by atoms with Gasteiger partial charge in [0.2, 0.25) is 0 Å². The number of fused-ring (bicyclic) bond motifs is 1. The number of halogens is 1. The molecule has 2 aromatic carbocycles. The molecule has 0 bridgehead atoms. The lowest BCUT2D eigenvalue weighted by molar-refractivity contribution is 0.262. The van der Waals surface area contributed by atoms with Gasteiger partial charge in [-0.15, -0.1) is 0 Å². The van der Waals surface area contributed by atoms with E-state index in [-0.39, 0.29) is 10.8 Å². The minimum absolute atomic E-state index is 0.0467. The van der Waals surface area contributed by atoms with Crippen molar-refractivity contribution in [3.63, 3.8) is 0 Å². The Hall–Kier alpha value is -2.66. The van der Waals surface area contributed by atoms with Gasteiger partial charge in [-0.1, -0.05) is 11.6 Å². The molecule has 0 aliphatic carbocycles. The first kappa shape index (κ1) is 14.3. The number of carbonyl (C=O) groups excluding carboxylic acids is 1. The number of nitrogens with one attached hydrogen (secondary N) is 2. The lowest BCUT2D eigenvalue weighted by Gasteiger charge is -2.09. The molecule has 112 valence electrons. The number of urea groups is 1. The SMILES string of the molecule is Cn1ccc2cc(NC(=O)Nc3ccc(O)cc3Cl)ccc21. The number of hydrogen-bond donors (Lipinski definition) is 3. The standard InChI is InChI=1S/C16H14ClN3O2/c1-20-7-6-10-8-11(2-5-15(10)20)18-16(22)19-14-4-3-12(21)9-13(14)17/h2-9,21H,1H3,(H2,18,19,22). The number of carbonyl (C=O) groups is 1. The average molecular weight is 316 g/mol. The summed E-state index contributed by atoms with van der Waals surface area (Å²) in [6.07, 6.45) is 1.96. The number of phenolic OH excluding ortho intramolecular Hbond substituents is 1. The predicted octanol–water partition coefficient (Wildman–Crippen LogP) is 4.18. The molecule has 0 aliphatic heterocycles. The van der Waals surface area contributed by atoms with Gasteiger partial charge < -0.3 is 20.3 Å². The van der Waals surface area contributed by atoms with Crippen molar-refractivity contribution in [2.75, 3.05) is 10.6 Å². The normalized spacial score (nSPS) is 10.6. The zero-order valence-corrected chi connectivity index (χ0v) is 12.6. The van der Waals surface area contributed by atoms with Crippen LogP contribution in [0.2, 0.25) is 5.02 Å². The highest BCUT2D eigenvalue weighted by atomic mass is 35.5. The van der Waals surface area contributed by atoms with E-state index < -0.39 is 6.03 Å². The van der Waals surface area contributed by atoms with Crippen LogP contribution in [0.15, 0.2) is 48.7 Å². The van der Waals surface area contributed by atoms with Crippen LogP contribution in [0.3, 0.4) is 0 Å². The van der Waals surface area contributed by atoms with Crippen LogP contribution in [0.5, 0.6) is 5.75 Å². The second-order valence-electron chi connectivity index (χ2n) is 4.94. The summed E-state index contributed by atoms with van der Waals surface area (Å²) in [6.45, 7) is 0. The Morgan fingerprint density at radius 1 is 1.14 bits per heavy atom. The lowest BCUT2D eigenvalue weighted by Crippen LogP contribution is -2.19. The van der Waals surface area contributed by atoms with E-state index in [2.05, 4.69) is 10.6 Å². The molecule has 3 aromatic rings. The maximum absolute atomic E-state index is 12.0. The van der Waals surface area contributed by atoms with E-state index in [0.29, 0.717) is 11.4 Å². The molecule has 3 rings (SSSR count). The van der Waals surface area contributed by atoms with Crippen LogP contribution in [-0.2, 0) is 7.05 Å². The maximum atomic E-state index is 12.0. The number of anilines is 2. The average Bonchev–Trinajstić information content (AvgIpc) is 2.83. The molecule has 0 spiro atoms. The fourth-order valence-corrected chi connectivity index (χ4v) is 2.47. The van der Waals surface area contributed by atoms with Gasteiger partial charge in [-0.25, -0.2) is 4.79 Å². The van der Waals surface area contributed by atoms with Crippen molar-refractivity contribution in [2.24, 2.45) is 7.05 Å². The minimum Gasteiger partial charge on any atom is -0.508 e. The molecule has 0 fully saturated rings. The molecule has 22 heavy (non-hydrogen) atoms. The molecule has 3 N–H and O–H groups in total. The molecule has 6 heteroatoms. The largest absolute Gasteiger partial charge is 0.508 e. The van der Waals surface area contributed by atoms with Crippen LogP contribution < -0.4 is 10.6 Å². The molecular formula is C16H14ClN3O2. The second-order valence-corrected chi connectivity index (χ2v) is 5.35. The topological polar surface area (TPSA) is 66.3 Å². The van der Waals surface area contributed by atoms with Crippen molar-refractivity contribution in [1.29, 1.82) is 0 Å². The molecular weight excluding hydrogens is 302 g/mol. The van der Waals surface area contributed by atoms with Gasteiger partial charge in [-0.2, -0.15) is 0 Å². The summed E-state index contributed by atoms with van der Waals surface area (Å²) in [5, 5.41) is 16.0. The van der Waals surface area contributed by atoms with Crippen molar-refractivity contribution >= 4 is 39.9 Å². The zero-order valence-electron chi connectivity index (χ0n) is 11.8. The Morgan fingerprint density at radius 2 is 1.95 bits per heavy atom. The van der Waals surface area contributed by atoms with Gasteiger partial charge in [0.1, 0.15) is 5.75 Å². The van der Waals surface area contributed by atoms with Gasteiger partial charge in [0, 0.05) is 35.9 Å². The van der Waals surface area contributed by atoms with E-state index in [1.807, 2.05) is 42.1 Å². The summed E-state index contributed by atoms with van der Waals surface area (Å²) < 4.78 is 2.01. The van der Waals surface area contributed by atoms with Gasteiger partial charge in [0.15, 0.2) is 0 Å². The number of amides is 2. The monoisotopic (exact) mass is 315 g/mol. The number of nitrogens with zero attached hydrogens (tertiary/aromatic N) is 1. The summed E-state index contributed by atoms with van der Waals surface area (Å²) in [5.74, 6) is 0.0467. The fourth-order valence-electron chi connectivity index (χ4n) is 2.25. The third kappa shape index (κ3) is 2.84. The van der Waals surface area contributed by atoms with Crippen LogP contribution in [0.1, 0.15) is 0 Å². The van der Waals surface area contributed by atoms with Crippen LogP contribution >= 0.6 is 11.6 Å². The molecule has 2 amide bonds. The quantitative estimate of drug-likeness (QED) is 0.621. The summed E-state index contributed by atoms with van der Waals surface area (Å²) >= 11 is 5.95. The van der Waals surface area contributed by atoms with E-state index >= 15 is 0 Å². The molecule has 1 heterocycles. The first-order valence-electron chi connectivity index (χ1n) is 6.64. The number of rotatable bonds is 2.